The van der Waals surface area contributed by atoms with Crippen molar-refractivity contribution < 1.29 is 9.59 Å². The van der Waals surface area contributed by atoms with Gasteiger partial charge in [-0.3, -0.25) is 9.59 Å². The number of allylic oxidation sites excluding steroid dienone is 1. The van der Waals surface area contributed by atoms with Gasteiger partial charge in [0.05, 0.1) is 0 Å². The van der Waals surface area contributed by atoms with Gasteiger partial charge in [-0.25, -0.2) is 4.99 Å². The molecular weight excluding hydrogens is 166 g/mol. The van der Waals surface area contributed by atoms with E-state index in [4.69, 9.17) is 11.6 Å². The fourth-order valence-electron chi connectivity index (χ4n) is 0.763. The summed E-state index contributed by atoms with van der Waals surface area (Å²) in [6, 6.07) is 0. The first-order valence-electron chi connectivity index (χ1n) is 3.09. The third kappa shape index (κ3) is 1.74. The van der Waals surface area contributed by atoms with E-state index in [9.17, 15) is 9.59 Å². The molecule has 1 rings (SSSR count). The van der Waals surface area contributed by atoms with Crippen molar-refractivity contribution in [3.8, 4) is 0 Å². The fourth-order valence-corrected chi connectivity index (χ4v) is 0.925. The molecule has 3 nitrogen and oxygen atoms in total. The second kappa shape index (κ2) is 2.96. The molecule has 4 heteroatoms. The number of aliphatic imine (C=N–C) groups is 1. The zero-order valence-corrected chi connectivity index (χ0v) is 6.68. The lowest BCUT2D eigenvalue weighted by atomic mass is 10.1. The maximum Gasteiger partial charge on any atom is 0.188 e. The van der Waals surface area contributed by atoms with Crippen LogP contribution in [0.2, 0.25) is 0 Å². The molecule has 0 aromatic carbocycles. The van der Waals surface area contributed by atoms with E-state index in [1.54, 1.807) is 0 Å². The Morgan fingerprint density at radius 2 is 2.36 bits per heavy atom. The molecule has 1 heterocycles. The summed E-state index contributed by atoms with van der Waals surface area (Å²) in [4.78, 5) is 25.3. The molecular formula is C7H6ClNO2. The first kappa shape index (κ1) is 8.14. The third-order valence-electron chi connectivity index (χ3n) is 1.27. The van der Waals surface area contributed by atoms with Gasteiger partial charge < -0.3 is 0 Å². The first-order valence-corrected chi connectivity index (χ1v) is 3.47. The Balaban J connectivity index is 2.99. The number of nitrogens with zero attached hydrogens (tertiary/aromatic N) is 1. The van der Waals surface area contributed by atoms with Crippen LogP contribution >= 0.6 is 11.6 Å². The van der Waals surface area contributed by atoms with Gasteiger partial charge in [-0.2, -0.15) is 0 Å². The van der Waals surface area contributed by atoms with Crippen molar-refractivity contribution in [1.82, 2.24) is 0 Å². The number of rotatable bonds is 1. The normalized spacial score (nSPS) is 17.5. The van der Waals surface area contributed by atoms with Crippen LogP contribution in [-0.4, -0.2) is 17.3 Å². The minimum absolute atomic E-state index is 0.0440. The molecule has 0 aromatic rings. The summed E-state index contributed by atoms with van der Waals surface area (Å²) in [5.41, 5.74) is -0.0440. The van der Waals surface area contributed by atoms with E-state index in [2.05, 4.69) is 4.99 Å². The fraction of sp³-hybridized carbons (Fsp3) is 0.286. The zero-order valence-electron chi connectivity index (χ0n) is 5.93. The largest absolute Gasteiger partial charge is 0.293 e. The zero-order chi connectivity index (χ0) is 8.43. The second-order valence-electron chi connectivity index (χ2n) is 2.17. The first-order chi connectivity index (χ1) is 5.11. The minimum atomic E-state index is -0.332. The average molecular weight is 172 g/mol. The highest BCUT2D eigenvalue weighted by Crippen LogP contribution is 2.11. The van der Waals surface area contributed by atoms with Gasteiger partial charge in [0.15, 0.2) is 17.3 Å². The van der Waals surface area contributed by atoms with E-state index in [1.165, 1.54) is 13.0 Å². The molecule has 0 spiro atoms. The predicted molar refractivity (Wildman–Crippen MR) is 41.7 cm³/mol. The monoisotopic (exact) mass is 171 g/mol. The van der Waals surface area contributed by atoms with Crippen LogP contribution in [0.15, 0.2) is 16.2 Å². The van der Waals surface area contributed by atoms with Crippen LogP contribution in [0, 0.1) is 0 Å². The summed E-state index contributed by atoms with van der Waals surface area (Å²) < 4.78 is 0. The summed E-state index contributed by atoms with van der Waals surface area (Å²) in [6.45, 7) is 1.30. The standard InChI is InChI=1S/C7H6ClNO2/c1-4(10)7-5(11)2-3-6(8)9-7/h3H,2H2,1H3. The van der Waals surface area contributed by atoms with Crippen LogP contribution in [0.1, 0.15) is 13.3 Å². The van der Waals surface area contributed by atoms with Crippen LogP contribution in [0.5, 0.6) is 0 Å². The van der Waals surface area contributed by atoms with Crippen LogP contribution in [0.25, 0.3) is 0 Å². The molecule has 1 aliphatic rings. The quantitative estimate of drug-likeness (QED) is 0.554. The van der Waals surface area contributed by atoms with Crippen LogP contribution < -0.4 is 0 Å². The van der Waals surface area contributed by atoms with E-state index in [-0.39, 0.29) is 28.9 Å². The van der Waals surface area contributed by atoms with Gasteiger partial charge in [-0.05, 0) is 6.08 Å². The van der Waals surface area contributed by atoms with E-state index in [0.717, 1.165) is 0 Å². The van der Waals surface area contributed by atoms with Crippen molar-refractivity contribution in [3.63, 3.8) is 0 Å². The highest BCUT2D eigenvalue weighted by atomic mass is 35.5. The summed E-state index contributed by atoms with van der Waals surface area (Å²) in [7, 11) is 0. The Bertz CT molecular complexity index is 278. The van der Waals surface area contributed by atoms with Gasteiger partial charge in [0.1, 0.15) is 5.16 Å². The van der Waals surface area contributed by atoms with Crippen molar-refractivity contribution in [3.05, 3.63) is 11.2 Å². The summed E-state index contributed by atoms with van der Waals surface area (Å²) in [5.74, 6) is -0.594. The number of hydrogen-bond donors (Lipinski definition) is 0. The maximum absolute atomic E-state index is 10.9. The molecule has 11 heavy (non-hydrogen) atoms. The molecule has 0 aromatic heterocycles. The van der Waals surface area contributed by atoms with Crippen LogP contribution in [0.4, 0.5) is 0 Å². The smallest absolute Gasteiger partial charge is 0.188 e. The lowest BCUT2D eigenvalue weighted by Crippen LogP contribution is -2.23. The minimum Gasteiger partial charge on any atom is -0.293 e. The van der Waals surface area contributed by atoms with Gasteiger partial charge in [-0.15, -0.1) is 0 Å². The molecule has 0 amide bonds. The number of halogens is 1. The summed E-state index contributed by atoms with van der Waals surface area (Å²) >= 11 is 5.49. The molecule has 58 valence electrons. The van der Waals surface area contributed by atoms with E-state index < -0.39 is 0 Å². The highest BCUT2D eigenvalue weighted by Gasteiger charge is 2.18. The van der Waals surface area contributed by atoms with E-state index >= 15 is 0 Å². The summed E-state index contributed by atoms with van der Waals surface area (Å²) in [5, 5.41) is 0.217. The molecule has 0 saturated carbocycles. The molecule has 0 unspecified atom stereocenters. The SMILES string of the molecule is CC(=O)C1=NC(Cl)=CCC1=O. The van der Waals surface area contributed by atoms with Crippen molar-refractivity contribution in [2.45, 2.75) is 13.3 Å². The molecule has 0 atom stereocenters. The van der Waals surface area contributed by atoms with Gasteiger partial charge in [-0.1, -0.05) is 11.6 Å². The molecule has 0 radical (unpaired) electrons. The predicted octanol–water partition coefficient (Wildman–Crippen LogP) is 1.07. The van der Waals surface area contributed by atoms with Gasteiger partial charge in [0, 0.05) is 13.3 Å². The molecule has 0 N–H and O–H groups in total. The average Bonchev–Trinajstić information content (AvgIpc) is 1.94. The Morgan fingerprint density at radius 3 is 2.82 bits per heavy atom. The molecule has 0 fully saturated rings. The van der Waals surface area contributed by atoms with E-state index in [0.29, 0.717) is 0 Å². The highest BCUT2D eigenvalue weighted by molar-refractivity contribution is 6.66. The topological polar surface area (TPSA) is 46.5 Å². The van der Waals surface area contributed by atoms with Gasteiger partial charge in [0.2, 0.25) is 0 Å². The lowest BCUT2D eigenvalue weighted by Gasteiger charge is -2.03. The Hall–Kier alpha value is -0.960. The van der Waals surface area contributed by atoms with Crippen molar-refractivity contribution in [1.29, 1.82) is 0 Å². The lowest BCUT2D eigenvalue weighted by molar-refractivity contribution is -0.115. The number of hydrogen-bond acceptors (Lipinski definition) is 3. The molecule has 0 bridgehead atoms. The maximum atomic E-state index is 10.9. The third-order valence-corrected chi connectivity index (χ3v) is 1.51. The van der Waals surface area contributed by atoms with Gasteiger partial charge >= 0.3 is 0 Å². The second-order valence-corrected chi connectivity index (χ2v) is 2.56. The molecule has 1 aliphatic heterocycles. The number of carbonyl (C=O) groups excluding carboxylic acids is 2. The van der Waals surface area contributed by atoms with E-state index in [1.807, 2.05) is 0 Å². The van der Waals surface area contributed by atoms with Crippen LogP contribution in [0.3, 0.4) is 0 Å². The Kier molecular flexibility index (Phi) is 2.19. The van der Waals surface area contributed by atoms with Crippen LogP contribution in [-0.2, 0) is 9.59 Å². The number of Topliss-reactive ketones (excluding diaryl/α,β-unsaturated/α-hetero) is 2. The van der Waals surface area contributed by atoms with Crippen molar-refractivity contribution in [2.75, 3.05) is 0 Å². The number of carbonyl (C=O) groups is 2. The van der Waals surface area contributed by atoms with Crippen molar-refractivity contribution in [2.24, 2.45) is 4.99 Å². The number of ketones is 2. The molecule has 0 aliphatic carbocycles. The summed E-state index contributed by atoms with van der Waals surface area (Å²) in [6.07, 6.45) is 1.66. The molecule has 0 saturated heterocycles. The Labute approximate surface area is 68.8 Å². The van der Waals surface area contributed by atoms with Crippen molar-refractivity contribution >= 4 is 28.9 Å². The Morgan fingerprint density at radius 1 is 1.73 bits per heavy atom. The van der Waals surface area contributed by atoms with Gasteiger partial charge in [0.25, 0.3) is 0 Å².